The zero-order chi connectivity index (χ0) is 12.8. The lowest BCUT2D eigenvalue weighted by atomic mass is 10.1. The second-order valence-electron chi connectivity index (χ2n) is 4.91. The minimum absolute atomic E-state index is 0.555. The molecular weight excluding hydrogens is 290 g/mol. The number of hydrogen-bond acceptors (Lipinski definition) is 2. The smallest absolute Gasteiger partial charge is 0.0462 e. The summed E-state index contributed by atoms with van der Waals surface area (Å²) in [7, 11) is 1.77. The first kappa shape index (κ1) is 14.0. The fraction of sp³-hybridized carbons (Fsp3) is 0.600. The van der Waals surface area contributed by atoms with Crippen LogP contribution in [0, 0.1) is 0 Å². The van der Waals surface area contributed by atoms with Crippen LogP contribution in [-0.4, -0.2) is 20.3 Å². The van der Waals surface area contributed by atoms with Crippen LogP contribution in [0.15, 0.2) is 22.7 Å². The highest BCUT2D eigenvalue weighted by atomic mass is 79.9. The summed E-state index contributed by atoms with van der Waals surface area (Å²) in [5.41, 5.74) is 2.98. The molecule has 1 N–H and O–H groups in total. The van der Waals surface area contributed by atoms with Crippen molar-refractivity contribution in [2.45, 2.75) is 38.1 Å². The lowest BCUT2D eigenvalue weighted by Crippen LogP contribution is -2.20. The molecule has 1 aromatic carbocycles. The van der Waals surface area contributed by atoms with Crippen molar-refractivity contribution in [3.63, 3.8) is 0 Å². The third-order valence-electron chi connectivity index (χ3n) is 3.63. The molecule has 0 aliphatic heterocycles. The van der Waals surface area contributed by atoms with Gasteiger partial charge in [0.2, 0.25) is 0 Å². The molecule has 2 rings (SSSR count). The van der Waals surface area contributed by atoms with Gasteiger partial charge in [-0.05, 0) is 55.8 Å². The van der Waals surface area contributed by atoms with Gasteiger partial charge in [-0.15, -0.1) is 0 Å². The van der Waals surface area contributed by atoms with E-state index in [2.05, 4.69) is 39.4 Å². The van der Waals surface area contributed by atoms with Crippen molar-refractivity contribution >= 4 is 15.9 Å². The van der Waals surface area contributed by atoms with Crippen LogP contribution in [0.1, 0.15) is 42.9 Å². The Labute approximate surface area is 118 Å². The Morgan fingerprint density at radius 2 is 2.22 bits per heavy atom. The summed E-state index contributed by atoms with van der Waals surface area (Å²) in [6.45, 7) is 2.00. The summed E-state index contributed by atoms with van der Waals surface area (Å²) >= 11 is 3.64. The Morgan fingerprint density at radius 3 is 3.06 bits per heavy atom. The maximum absolute atomic E-state index is 5.06. The molecule has 18 heavy (non-hydrogen) atoms. The minimum atomic E-state index is 0.555. The Morgan fingerprint density at radius 1 is 1.33 bits per heavy atom. The van der Waals surface area contributed by atoms with Gasteiger partial charge in [-0.3, -0.25) is 0 Å². The van der Waals surface area contributed by atoms with Gasteiger partial charge in [0.05, 0.1) is 0 Å². The number of nitrogens with one attached hydrogen (secondary N) is 1. The number of ether oxygens (including phenoxy) is 1. The summed E-state index contributed by atoms with van der Waals surface area (Å²) in [4.78, 5) is 0. The number of benzene rings is 1. The minimum Gasteiger partial charge on any atom is -0.385 e. The van der Waals surface area contributed by atoms with E-state index in [0.29, 0.717) is 6.04 Å². The highest BCUT2D eigenvalue weighted by Crippen LogP contribution is 2.35. The van der Waals surface area contributed by atoms with Crippen LogP contribution in [0.2, 0.25) is 0 Å². The first-order chi connectivity index (χ1) is 8.83. The predicted octanol–water partition coefficient (Wildman–Crippen LogP) is 3.84. The van der Waals surface area contributed by atoms with Crippen molar-refractivity contribution in [2.75, 3.05) is 20.3 Å². The molecule has 0 saturated carbocycles. The number of methoxy groups -OCH3 is 1. The standard InChI is InChI=1S/C15H22BrNO/c1-18-11-4-2-3-10-17-15-9-8-12-13(15)6-5-7-14(12)16/h5-7,15,17H,2-4,8-11H2,1H3. The third-order valence-corrected chi connectivity index (χ3v) is 4.37. The molecule has 0 amide bonds. The van der Waals surface area contributed by atoms with Gasteiger partial charge in [-0.2, -0.15) is 0 Å². The van der Waals surface area contributed by atoms with Gasteiger partial charge in [-0.25, -0.2) is 0 Å². The molecule has 1 atom stereocenters. The largest absolute Gasteiger partial charge is 0.385 e. The van der Waals surface area contributed by atoms with E-state index in [-0.39, 0.29) is 0 Å². The lowest BCUT2D eigenvalue weighted by molar-refractivity contribution is 0.192. The summed E-state index contributed by atoms with van der Waals surface area (Å²) < 4.78 is 6.32. The molecular formula is C15H22BrNO. The Balaban J connectivity index is 1.75. The fourth-order valence-electron chi connectivity index (χ4n) is 2.65. The zero-order valence-electron chi connectivity index (χ0n) is 11.0. The van der Waals surface area contributed by atoms with Crippen molar-refractivity contribution in [1.82, 2.24) is 5.32 Å². The molecule has 2 nitrogen and oxygen atoms in total. The SMILES string of the molecule is COCCCCCNC1CCc2c(Br)cccc21. The van der Waals surface area contributed by atoms with Gasteiger partial charge < -0.3 is 10.1 Å². The second-order valence-corrected chi connectivity index (χ2v) is 5.76. The Hall–Kier alpha value is -0.380. The van der Waals surface area contributed by atoms with Gasteiger partial charge in [-0.1, -0.05) is 28.1 Å². The molecule has 100 valence electrons. The van der Waals surface area contributed by atoms with Crippen molar-refractivity contribution in [3.05, 3.63) is 33.8 Å². The molecule has 3 heteroatoms. The van der Waals surface area contributed by atoms with Crippen molar-refractivity contribution < 1.29 is 4.74 Å². The molecule has 0 radical (unpaired) electrons. The van der Waals surface area contributed by atoms with Crippen LogP contribution in [0.3, 0.4) is 0 Å². The summed E-state index contributed by atoms with van der Waals surface area (Å²) in [5, 5.41) is 3.68. The van der Waals surface area contributed by atoms with Gasteiger partial charge in [0, 0.05) is 24.2 Å². The monoisotopic (exact) mass is 311 g/mol. The molecule has 1 aliphatic carbocycles. The van der Waals surface area contributed by atoms with Gasteiger partial charge >= 0.3 is 0 Å². The average molecular weight is 312 g/mol. The highest BCUT2D eigenvalue weighted by molar-refractivity contribution is 9.10. The number of fused-ring (bicyclic) bond motifs is 1. The van der Waals surface area contributed by atoms with E-state index < -0.39 is 0 Å². The molecule has 0 saturated heterocycles. The Kier molecular flexibility index (Phi) is 5.67. The van der Waals surface area contributed by atoms with Crippen LogP contribution in [0.25, 0.3) is 0 Å². The van der Waals surface area contributed by atoms with E-state index in [1.807, 2.05) is 0 Å². The van der Waals surface area contributed by atoms with Crippen LogP contribution in [0.4, 0.5) is 0 Å². The molecule has 0 aromatic heterocycles. The summed E-state index contributed by atoms with van der Waals surface area (Å²) in [5.74, 6) is 0. The van der Waals surface area contributed by atoms with E-state index >= 15 is 0 Å². The van der Waals surface area contributed by atoms with Gasteiger partial charge in [0.15, 0.2) is 0 Å². The van der Waals surface area contributed by atoms with Crippen LogP contribution >= 0.6 is 15.9 Å². The predicted molar refractivity (Wildman–Crippen MR) is 78.9 cm³/mol. The quantitative estimate of drug-likeness (QED) is 0.772. The molecule has 1 unspecified atom stereocenters. The van der Waals surface area contributed by atoms with E-state index in [4.69, 9.17) is 4.74 Å². The number of unbranched alkanes of at least 4 members (excludes halogenated alkanes) is 2. The third kappa shape index (κ3) is 3.56. The molecule has 0 spiro atoms. The normalized spacial score (nSPS) is 18.0. The van der Waals surface area contributed by atoms with Crippen molar-refractivity contribution in [3.8, 4) is 0 Å². The number of hydrogen-bond donors (Lipinski definition) is 1. The summed E-state index contributed by atoms with van der Waals surface area (Å²) in [6, 6.07) is 7.10. The van der Waals surface area contributed by atoms with E-state index in [1.165, 1.54) is 47.7 Å². The maximum atomic E-state index is 5.06. The molecule has 0 bridgehead atoms. The zero-order valence-corrected chi connectivity index (χ0v) is 12.6. The van der Waals surface area contributed by atoms with Gasteiger partial charge in [0.1, 0.15) is 0 Å². The first-order valence-electron chi connectivity index (χ1n) is 6.82. The Bertz CT molecular complexity index is 381. The highest BCUT2D eigenvalue weighted by Gasteiger charge is 2.22. The maximum Gasteiger partial charge on any atom is 0.0462 e. The van der Waals surface area contributed by atoms with Crippen LogP contribution in [0.5, 0.6) is 0 Å². The molecule has 0 fully saturated rings. The van der Waals surface area contributed by atoms with Gasteiger partial charge in [0.25, 0.3) is 0 Å². The fourth-order valence-corrected chi connectivity index (χ4v) is 3.23. The van der Waals surface area contributed by atoms with Crippen molar-refractivity contribution in [1.29, 1.82) is 0 Å². The van der Waals surface area contributed by atoms with Crippen LogP contribution < -0.4 is 5.32 Å². The lowest BCUT2D eigenvalue weighted by Gasteiger charge is -2.14. The molecule has 0 heterocycles. The summed E-state index contributed by atoms with van der Waals surface area (Å²) in [6.07, 6.45) is 6.08. The molecule has 1 aliphatic rings. The van der Waals surface area contributed by atoms with E-state index in [0.717, 1.165) is 13.2 Å². The first-order valence-corrected chi connectivity index (χ1v) is 7.62. The van der Waals surface area contributed by atoms with E-state index in [9.17, 15) is 0 Å². The number of halogens is 1. The van der Waals surface area contributed by atoms with Crippen LogP contribution in [-0.2, 0) is 11.2 Å². The topological polar surface area (TPSA) is 21.3 Å². The van der Waals surface area contributed by atoms with E-state index in [1.54, 1.807) is 7.11 Å². The number of rotatable bonds is 7. The molecule has 1 aromatic rings. The second kappa shape index (κ2) is 7.27. The average Bonchev–Trinajstić information content (AvgIpc) is 2.79. The van der Waals surface area contributed by atoms with Crippen molar-refractivity contribution in [2.24, 2.45) is 0 Å².